The van der Waals surface area contributed by atoms with E-state index in [4.69, 9.17) is 16.2 Å². The highest BCUT2D eigenvalue weighted by atomic mass is 32.1. The van der Waals surface area contributed by atoms with E-state index >= 15 is 0 Å². The summed E-state index contributed by atoms with van der Waals surface area (Å²) in [6.45, 7) is 1.42. The average molecular weight is 297 g/mol. The van der Waals surface area contributed by atoms with Crippen molar-refractivity contribution in [1.29, 1.82) is 0 Å². The molecule has 1 aromatic heterocycles. The number of primary amides is 1. The monoisotopic (exact) mass is 297 g/mol. The first-order valence-corrected chi connectivity index (χ1v) is 7.29. The molecule has 1 heterocycles. The lowest BCUT2D eigenvalue weighted by Gasteiger charge is -2.20. The number of thiophene rings is 1. The first-order chi connectivity index (χ1) is 9.45. The number of nitrogen functional groups attached to an aromatic ring is 1. The Bertz CT molecular complexity index is 541. The summed E-state index contributed by atoms with van der Waals surface area (Å²) in [5.74, 6) is -0.793. The van der Waals surface area contributed by atoms with Crippen molar-refractivity contribution in [2.45, 2.75) is 38.3 Å². The Morgan fingerprint density at radius 2 is 2.10 bits per heavy atom. The summed E-state index contributed by atoms with van der Waals surface area (Å²) in [6.07, 6.45) is 3.08. The van der Waals surface area contributed by atoms with Crippen LogP contribution in [0.4, 0.5) is 10.7 Å². The summed E-state index contributed by atoms with van der Waals surface area (Å²) in [4.78, 5) is 23.5. The van der Waals surface area contributed by atoms with Gasteiger partial charge in [0.2, 0.25) is 0 Å². The van der Waals surface area contributed by atoms with Crippen molar-refractivity contribution in [3.63, 3.8) is 0 Å². The van der Waals surface area contributed by atoms with Gasteiger partial charge in [-0.15, -0.1) is 11.3 Å². The van der Waals surface area contributed by atoms with Gasteiger partial charge >= 0.3 is 0 Å². The van der Waals surface area contributed by atoms with Crippen molar-refractivity contribution in [2.75, 3.05) is 18.2 Å². The third-order valence-electron chi connectivity index (χ3n) is 3.58. The molecule has 1 aliphatic carbocycles. The van der Waals surface area contributed by atoms with Crippen molar-refractivity contribution in [1.82, 2.24) is 0 Å². The molecule has 110 valence electrons. The van der Waals surface area contributed by atoms with Gasteiger partial charge in [0.25, 0.3) is 5.91 Å². The van der Waals surface area contributed by atoms with Gasteiger partial charge in [0.05, 0.1) is 28.3 Å². The molecule has 1 aliphatic rings. The molecular formula is C13H19N3O3S. The second-order valence-electron chi connectivity index (χ2n) is 4.93. The number of ether oxygens (including phenoxy) is 1. The number of rotatable bonds is 5. The van der Waals surface area contributed by atoms with Crippen LogP contribution in [0.2, 0.25) is 0 Å². The maximum atomic E-state index is 11.6. The highest BCUT2D eigenvalue weighted by Crippen LogP contribution is 2.37. The Kier molecular flexibility index (Phi) is 4.29. The van der Waals surface area contributed by atoms with Crippen LogP contribution >= 0.6 is 11.3 Å². The molecule has 1 amide bonds. The van der Waals surface area contributed by atoms with Gasteiger partial charge in [0.1, 0.15) is 5.00 Å². The molecule has 1 saturated carbocycles. The highest BCUT2D eigenvalue weighted by Gasteiger charge is 2.30. The standard InChI is InChI=1S/C13H19N3O3S/c1-6(17)11-10(14)9(12(15)18)13(20-11)16-7-4-3-5-8(7)19-2/h7-8,16H,3-5,14H2,1-2H3,(H2,15,18). The van der Waals surface area contributed by atoms with Crippen LogP contribution in [-0.4, -0.2) is 30.9 Å². The van der Waals surface area contributed by atoms with E-state index in [-0.39, 0.29) is 29.2 Å². The van der Waals surface area contributed by atoms with E-state index in [1.165, 1.54) is 18.3 Å². The Hall–Kier alpha value is -1.60. The first kappa shape index (κ1) is 14.8. The van der Waals surface area contributed by atoms with Crippen LogP contribution in [0.5, 0.6) is 0 Å². The molecule has 20 heavy (non-hydrogen) atoms. The number of amides is 1. The Labute approximate surface area is 121 Å². The van der Waals surface area contributed by atoms with Gasteiger partial charge in [-0.3, -0.25) is 9.59 Å². The van der Waals surface area contributed by atoms with Crippen LogP contribution in [-0.2, 0) is 4.74 Å². The lowest BCUT2D eigenvalue weighted by atomic mass is 10.1. The molecule has 2 unspecified atom stereocenters. The van der Waals surface area contributed by atoms with Crippen LogP contribution in [0.1, 0.15) is 46.2 Å². The fourth-order valence-electron chi connectivity index (χ4n) is 2.59. The lowest BCUT2D eigenvalue weighted by molar-refractivity contribution is 0.0992. The van der Waals surface area contributed by atoms with Crippen molar-refractivity contribution >= 4 is 33.7 Å². The number of ketones is 1. The Balaban J connectivity index is 2.33. The van der Waals surface area contributed by atoms with Crippen molar-refractivity contribution in [3.05, 3.63) is 10.4 Å². The molecule has 0 bridgehead atoms. The summed E-state index contributed by atoms with van der Waals surface area (Å²) in [5.41, 5.74) is 11.6. The fourth-order valence-corrected chi connectivity index (χ4v) is 3.68. The summed E-state index contributed by atoms with van der Waals surface area (Å²) >= 11 is 1.18. The predicted octanol–water partition coefficient (Wildman–Crippen LogP) is 1.61. The number of carbonyl (C=O) groups excluding carboxylic acids is 2. The highest BCUT2D eigenvalue weighted by molar-refractivity contribution is 7.19. The quantitative estimate of drug-likeness (QED) is 0.716. The maximum absolute atomic E-state index is 11.6. The summed E-state index contributed by atoms with van der Waals surface area (Å²) in [6, 6.07) is 0.107. The molecule has 6 nitrogen and oxygen atoms in total. The SMILES string of the molecule is COC1CCCC1Nc1sc(C(C)=O)c(N)c1C(N)=O. The topological polar surface area (TPSA) is 107 Å². The van der Waals surface area contributed by atoms with Crippen LogP contribution in [0.25, 0.3) is 0 Å². The molecule has 2 atom stereocenters. The van der Waals surface area contributed by atoms with Crippen molar-refractivity contribution in [3.8, 4) is 0 Å². The zero-order valence-electron chi connectivity index (χ0n) is 11.6. The summed E-state index contributed by atoms with van der Waals surface area (Å²) in [5, 5.41) is 3.83. The van der Waals surface area contributed by atoms with E-state index in [1.54, 1.807) is 7.11 Å². The predicted molar refractivity (Wildman–Crippen MR) is 79.3 cm³/mol. The number of Topliss-reactive ketones (excluding diaryl/α,β-unsaturated/α-hetero) is 1. The van der Waals surface area contributed by atoms with Gasteiger partial charge in [0, 0.05) is 14.0 Å². The number of carbonyl (C=O) groups is 2. The molecule has 1 aromatic rings. The molecule has 0 aliphatic heterocycles. The second-order valence-corrected chi connectivity index (χ2v) is 5.95. The van der Waals surface area contributed by atoms with Gasteiger partial charge in [-0.25, -0.2) is 0 Å². The van der Waals surface area contributed by atoms with Crippen LogP contribution < -0.4 is 16.8 Å². The molecule has 0 radical (unpaired) electrons. The first-order valence-electron chi connectivity index (χ1n) is 6.48. The number of nitrogens with two attached hydrogens (primary N) is 2. The maximum Gasteiger partial charge on any atom is 0.253 e. The molecule has 0 aromatic carbocycles. The van der Waals surface area contributed by atoms with Gasteiger partial charge in [0.15, 0.2) is 5.78 Å². The fraction of sp³-hybridized carbons (Fsp3) is 0.538. The Morgan fingerprint density at radius 1 is 1.40 bits per heavy atom. The third kappa shape index (κ3) is 2.64. The van der Waals surface area contributed by atoms with Crippen LogP contribution in [0.15, 0.2) is 0 Å². The van der Waals surface area contributed by atoms with E-state index < -0.39 is 5.91 Å². The smallest absolute Gasteiger partial charge is 0.253 e. The lowest BCUT2D eigenvalue weighted by Crippen LogP contribution is -2.30. The molecule has 1 fully saturated rings. The minimum Gasteiger partial charge on any atom is -0.397 e. The Morgan fingerprint density at radius 3 is 2.65 bits per heavy atom. The van der Waals surface area contributed by atoms with Crippen molar-refractivity contribution < 1.29 is 14.3 Å². The normalized spacial score (nSPS) is 21.9. The molecule has 5 N–H and O–H groups in total. The van der Waals surface area contributed by atoms with Crippen LogP contribution in [0.3, 0.4) is 0 Å². The van der Waals surface area contributed by atoms with Gasteiger partial charge in [-0.1, -0.05) is 0 Å². The zero-order chi connectivity index (χ0) is 14.9. The second kappa shape index (κ2) is 5.80. The van der Waals surface area contributed by atoms with Gasteiger partial charge in [-0.05, 0) is 19.3 Å². The molecule has 0 saturated heterocycles. The van der Waals surface area contributed by atoms with Crippen molar-refractivity contribution in [2.24, 2.45) is 5.73 Å². The van der Waals surface area contributed by atoms with E-state index in [0.29, 0.717) is 9.88 Å². The minimum atomic E-state index is -0.624. The minimum absolute atomic E-state index is 0.0971. The van der Waals surface area contributed by atoms with Crippen LogP contribution in [0, 0.1) is 0 Å². The van der Waals surface area contributed by atoms with E-state index in [2.05, 4.69) is 5.32 Å². The van der Waals surface area contributed by atoms with E-state index in [1.807, 2.05) is 0 Å². The largest absolute Gasteiger partial charge is 0.397 e. The molecule has 2 rings (SSSR count). The molecule has 7 heteroatoms. The van der Waals surface area contributed by atoms with E-state index in [9.17, 15) is 9.59 Å². The number of nitrogens with one attached hydrogen (secondary N) is 1. The van der Waals surface area contributed by atoms with E-state index in [0.717, 1.165) is 19.3 Å². The number of anilines is 2. The average Bonchev–Trinajstić information content (AvgIpc) is 2.94. The third-order valence-corrected chi connectivity index (χ3v) is 4.82. The summed E-state index contributed by atoms with van der Waals surface area (Å²) in [7, 11) is 1.67. The molecular weight excluding hydrogens is 278 g/mol. The number of hydrogen-bond donors (Lipinski definition) is 3. The number of hydrogen-bond acceptors (Lipinski definition) is 6. The summed E-state index contributed by atoms with van der Waals surface area (Å²) < 4.78 is 5.41. The zero-order valence-corrected chi connectivity index (χ0v) is 12.4. The van der Waals surface area contributed by atoms with Gasteiger partial charge in [-0.2, -0.15) is 0 Å². The van der Waals surface area contributed by atoms with Gasteiger partial charge < -0.3 is 21.5 Å². The number of methoxy groups -OCH3 is 1. The molecule has 0 spiro atoms.